The second-order valence-corrected chi connectivity index (χ2v) is 5.59. The van der Waals surface area contributed by atoms with Crippen LogP contribution in [0.5, 0.6) is 11.5 Å². The van der Waals surface area contributed by atoms with Crippen LogP contribution in [-0.2, 0) is 4.74 Å². The summed E-state index contributed by atoms with van der Waals surface area (Å²) in [7, 11) is 3.13. The predicted molar refractivity (Wildman–Crippen MR) is 85.9 cm³/mol. The Bertz CT molecular complexity index is 699. The Hall–Kier alpha value is -2.05. The molecule has 0 saturated heterocycles. The van der Waals surface area contributed by atoms with Gasteiger partial charge in [0, 0.05) is 16.0 Å². The highest BCUT2D eigenvalue weighted by Gasteiger charge is 2.14. The van der Waals surface area contributed by atoms with Crippen LogP contribution in [0.3, 0.4) is 0 Å². The van der Waals surface area contributed by atoms with Crippen LogP contribution in [0.15, 0.2) is 35.2 Å². The SMILES string of the molecule is C=C(Cl)COC(=O)c1csc(-c2ccc(OC)c(OC)c2)n1. The molecule has 0 unspecified atom stereocenters. The highest BCUT2D eigenvalue weighted by Crippen LogP contribution is 2.33. The Kier molecular flexibility index (Phi) is 5.41. The monoisotopic (exact) mass is 339 g/mol. The van der Waals surface area contributed by atoms with E-state index in [-0.39, 0.29) is 17.3 Å². The van der Waals surface area contributed by atoms with Crippen LogP contribution >= 0.6 is 22.9 Å². The largest absolute Gasteiger partial charge is 0.493 e. The van der Waals surface area contributed by atoms with Gasteiger partial charge >= 0.3 is 5.97 Å². The van der Waals surface area contributed by atoms with Gasteiger partial charge in [0.2, 0.25) is 0 Å². The highest BCUT2D eigenvalue weighted by atomic mass is 35.5. The summed E-state index contributed by atoms with van der Waals surface area (Å²) in [6, 6.07) is 5.42. The molecule has 0 atom stereocenters. The fourth-order valence-electron chi connectivity index (χ4n) is 1.69. The number of halogens is 1. The maximum Gasteiger partial charge on any atom is 0.358 e. The zero-order chi connectivity index (χ0) is 16.1. The fraction of sp³-hybridized carbons (Fsp3) is 0.200. The number of carbonyl (C=O) groups excluding carboxylic acids is 1. The standard InChI is InChI=1S/C15H14ClNO4S/c1-9(16)7-21-15(18)11-8-22-14(17-11)10-4-5-12(19-2)13(6-10)20-3/h4-6,8H,1,7H2,2-3H3. The zero-order valence-corrected chi connectivity index (χ0v) is 13.7. The second kappa shape index (κ2) is 7.29. The molecule has 2 aromatic rings. The van der Waals surface area contributed by atoms with Gasteiger partial charge in [0.25, 0.3) is 0 Å². The van der Waals surface area contributed by atoms with E-state index in [9.17, 15) is 4.79 Å². The van der Waals surface area contributed by atoms with Crippen LogP contribution in [0.2, 0.25) is 0 Å². The summed E-state index contributed by atoms with van der Waals surface area (Å²) in [5.74, 6) is 0.686. The maximum absolute atomic E-state index is 11.8. The number of rotatable bonds is 6. The lowest BCUT2D eigenvalue weighted by Crippen LogP contribution is -2.06. The van der Waals surface area contributed by atoms with Crippen molar-refractivity contribution in [1.29, 1.82) is 0 Å². The third kappa shape index (κ3) is 3.78. The second-order valence-electron chi connectivity index (χ2n) is 4.20. The average molecular weight is 340 g/mol. The predicted octanol–water partition coefficient (Wildman–Crippen LogP) is 3.74. The van der Waals surface area contributed by atoms with E-state index < -0.39 is 5.97 Å². The molecule has 22 heavy (non-hydrogen) atoms. The highest BCUT2D eigenvalue weighted by molar-refractivity contribution is 7.13. The smallest absolute Gasteiger partial charge is 0.358 e. The Morgan fingerprint density at radius 1 is 1.32 bits per heavy atom. The first-order valence-electron chi connectivity index (χ1n) is 6.23. The van der Waals surface area contributed by atoms with Crippen LogP contribution < -0.4 is 9.47 Å². The van der Waals surface area contributed by atoms with Gasteiger partial charge in [-0.3, -0.25) is 0 Å². The molecule has 0 spiro atoms. The molecular formula is C15H14ClNO4S. The van der Waals surface area contributed by atoms with Gasteiger partial charge in [-0.2, -0.15) is 0 Å². The molecule has 0 saturated carbocycles. The van der Waals surface area contributed by atoms with E-state index >= 15 is 0 Å². The Morgan fingerprint density at radius 2 is 2.05 bits per heavy atom. The molecule has 0 N–H and O–H groups in total. The third-order valence-electron chi connectivity index (χ3n) is 2.70. The summed E-state index contributed by atoms with van der Waals surface area (Å²) in [6.07, 6.45) is 0. The fourth-order valence-corrected chi connectivity index (χ4v) is 2.53. The van der Waals surface area contributed by atoms with Gasteiger partial charge in [-0.15, -0.1) is 11.3 Å². The molecule has 0 aliphatic heterocycles. The van der Waals surface area contributed by atoms with Crippen molar-refractivity contribution in [2.24, 2.45) is 0 Å². The van der Waals surface area contributed by atoms with Crippen LogP contribution in [-0.4, -0.2) is 31.8 Å². The van der Waals surface area contributed by atoms with Crippen LogP contribution in [0.4, 0.5) is 0 Å². The molecule has 2 rings (SSSR count). The Morgan fingerprint density at radius 3 is 2.68 bits per heavy atom. The number of aromatic nitrogens is 1. The van der Waals surface area contributed by atoms with E-state index in [0.29, 0.717) is 16.5 Å². The number of carbonyl (C=O) groups is 1. The van der Waals surface area contributed by atoms with Gasteiger partial charge in [0.1, 0.15) is 11.6 Å². The number of ether oxygens (including phenoxy) is 3. The van der Waals surface area contributed by atoms with Crippen LogP contribution in [0.25, 0.3) is 10.6 Å². The van der Waals surface area contributed by atoms with E-state index in [1.807, 2.05) is 6.07 Å². The van der Waals surface area contributed by atoms with Gasteiger partial charge < -0.3 is 14.2 Å². The van der Waals surface area contributed by atoms with Crippen molar-refractivity contribution in [3.8, 4) is 22.1 Å². The number of esters is 1. The van der Waals surface area contributed by atoms with E-state index in [1.165, 1.54) is 11.3 Å². The molecule has 0 aliphatic rings. The summed E-state index contributed by atoms with van der Waals surface area (Å²) in [5.41, 5.74) is 1.05. The van der Waals surface area contributed by atoms with E-state index in [2.05, 4.69) is 11.6 Å². The van der Waals surface area contributed by atoms with Crippen molar-refractivity contribution in [2.45, 2.75) is 0 Å². The topological polar surface area (TPSA) is 57.7 Å². The lowest BCUT2D eigenvalue weighted by atomic mass is 10.2. The summed E-state index contributed by atoms with van der Waals surface area (Å²) in [4.78, 5) is 16.1. The van der Waals surface area contributed by atoms with Gasteiger partial charge in [0.05, 0.1) is 14.2 Å². The number of thiazole rings is 1. The molecule has 1 aromatic carbocycles. The van der Waals surface area contributed by atoms with Crippen molar-refractivity contribution in [3.63, 3.8) is 0 Å². The van der Waals surface area contributed by atoms with Crippen molar-refractivity contribution in [1.82, 2.24) is 4.98 Å². The van der Waals surface area contributed by atoms with Gasteiger partial charge in [-0.05, 0) is 18.2 Å². The van der Waals surface area contributed by atoms with Crippen molar-refractivity contribution in [3.05, 3.63) is 40.9 Å². The minimum atomic E-state index is -0.537. The molecule has 1 heterocycles. The third-order valence-corrected chi connectivity index (χ3v) is 3.70. The van der Waals surface area contributed by atoms with E-state index in [4.69, 9.17) is 25.8 Å². The maximum atomic E-state index is 11.8. The first kappa shape index (κ1) is 16.3. The first-order valence-corrected chi connectivity index (χ1v) is 7.49. The number of nitrogens with zero attached hydrogens (tertiary/aromatic N) is 1. The van der Waals surface area contributed by atoms with Gasteiger partial charge in [-0.1, -0.05) is 18.2 Å². The number of hydrogen-bond acceptors (Lipinski definition) is 6. The summed E-state index contributed by atoms with van der Waals surface area (Å²) >= 11 is 6.89. The molecule has 0 radical (unpaired) electrons. The van der Waals surface area contributed by atoms with Crippen molar-refractivity contribution in [2.75, 3.05) is 20.8 Å². The van der Waals surface area contributed by atoms with Crippen molar-refractivity contribution < 1.29 is 19.0 Å². The number of benzene rings is 1. The molecule has 7 heteroatoms. The minimum absolute atomic E-state index is 0.0381. The molecule has 0 aliphatic carbocycles. The molecule has 5 nitrogen and oxygen atoms in total. The molecule has 0 amide bonds. The molecule has 0 fully saturated rings. The normalized spacial score (nSPS) is 10.1. The molecule has 1 aromatic heterocycles. The van der Waals surface area contributed by atoms with E-state index in [1.54, 1.807) is 31.7 Å². The quantitative estimate of drug-likeness (QED) is 0.750. The van der Waals surface area contributed by atoms with E-state index in [0.717, 1.165) is 5.56 Å². The minimum Gasteiger partial charge on any atom is -0.493 e. The summed E-state index contributed by atoms with van der Waals surface area (Å²) < 4.78 is 15.4. The first-order chi connectivity index (χ1) is 10.5. The molecule has 0 bridgehead atoms. The summed E-state index contributed by atoms with van der Waals surface area (Å²) in [6.45, 7) is 3.42. The lowest BCUT2D eigenvalue weighted by molar-refractivity contribution is 0.0540. The van der Waals surface area contributed by atoms with Crippen LogP contribution in [0.1, 0.15) is 10.5 Å². The lowest BCUT2D eigenvalue weighted by Gasteiger charge is -2.08. The van der Waals surface area contributed by atoms with Crippen molar-refractivity contribution >= 4 is 28.9 Å². The van der Waals surface area contributed by atoms with Gasteiger partial charge in [0.15, 0.2) is 17.2 Å². The Balaban J connectivity index is 2.21. The van der Waals surface area contributed by atoms with Gasteiger partial charge in [-0.25, -0.2) is 9.78 Å². The average Bonchev–Trinajstić information content (AvgIpc) is 3.01. The molecular weight excluding hydrogens is 326 g/mol. The molecule has 116 valence electrons. The number of hydrogen-bond donors (Lipinski definition) is 0. The van der Waals surface area contributed by atoms with Crippen LogP contribution in [0, 0.1) is 0 Å². The zero-order valence-electron chi connectivity index (χ0n) is 12.1. The Labute approximate surface area is 137 Å². The number of methoxy groups -OCH3 is 2. The summed E-state index contributed by atoms with van der Waals surface area (Å²) in [5, 5.41) is 2.56.